The monoisotopic (exact) mass is 277 g/mol. The van der Waals surface area contributed by atoms with Crippen molar-refractivity contribution in [2.75, 3.05) is 6.54 Å². The molecule has 3 N–H and O–H groups in total. The summed E-state index contributed by atoms with van der Waals surface area (Å²) < 4.78 is 0. The van der Waals surface area contributed by atoms with Gasteiger partial charge in [-0.2, -0.15) is 0 Å². The number of pyridine rings is 1. The lowest BCUT2D eigenvalue weighted by molar-refractivity contribution is -0.137. The van der Waals surface area contributed by atoms with E-state index in [4.69, 9.17) is 5.11 Å². The van der Waals surface area contributed by atoms with Crippen LogP contribution in [0.5, 0.6) is 0 Å². The minimum atomic E-state index is -0.849. The average molecular weight is 277 g/mol. The van der Waals surface area contributed by atoms with Gasteiger partial charge in [-0.3, -0.25) is 9.78 Å². The number of hydrogen-bond donors (Lipinski definition) is 3. The van der Waals surface area contributed by atoms with E-state index in [0.29, 0.717) is 18.9 Å². The van der Waals surface area contributed by atoms with Crippen LogP contribution in [0.25, 0.3) is 0 Å². The topological polar surface area (TPSA) is 91.3 Å². The lowest BCUT2D eigenvalue weighted by atomic mass is 10.1. The van der Waals surface area contributed by atoms with Gasteiger partial charge in [0.15, 0.2) is 0 Å². The summed E-state index contributed by atoms with van der Waals surface area (Å²) in [7, 11) is 0. The van der Waals surface area contributed by atoms with Gasteiger partial charge in [-0.15, -0.1) is 0 Å². The molecule has 1 aliphatic carbocycles. The highest BCUT2D eigenvalue weighted by atomic mass is 16.4. The van der Waals surface area contributed by atoms with Crippen LogP contribution in [0.3, 0.4) is 0 Å². The molecule has 1 heterocycles. The molecule has 0 radical (unpaired) electrons. The highest BCUT2D eigenvalue weighted by molar-refractivity contribution is 5.74. The van der Waals surface area contributed by atoms with E-state index in [0.717, 1.165) is 18.4 Å². The van der Waals surface area contributed by atoms with Gasteiger partial charge in [0.25, 0.3) is 0 Å². The minimum Gasteiger partial charge on any atom is -0.481 e. The van der Waals surface area contributed by atoms with E-state index in [1.54, 1.807) is 12.4 Å². The van der Waals surface area contributed by atoms with Gasteiger partial charge in [0.2, 0.25) is 0 Å². The molecule has 0 aromatic carbocycles. The largest absolute Gasteiger partial charge is 0.481 e. The first-order valence-electron chi connectivity index (χ1n) is 6.83. The van der Waals surface area contributed by atoms with Gasteiger partial charge in [-0.1, -0.05) is 6.07 Å². The number of amides is 2. The molecule has 1 aliphatic rings. The Morgan fingerprint density at radius 3 is 2.85 bits per heavy atom. The molecule has 0 bridgehead atoms. The van der Waals surface area contributed by atoms with E-state index in [2.05, 4.69) is 15.6 Å². The molecule has 1 saturated carbocycles. The van der Waals surface area contributed by atoms with Gasteiger partial charge in [0.05, 0.1) is 6.04 Å². The molecule has 108 valence electrons. The maximum atomic E-state index is 11.8. The first kappa shape index (κ1) is 14.3. The number of aliphatic carboxylic acids is 1. The van der Waals surface area contributed by atoms with Crippen molar-refractivity contribution in [3.63, 3.8) is 0 Å². The smallest absolute Gasteiger partial charge is 0.315 e. The van der Waals surface area contributed by atoms with Crippen LogP contribution in [-0.2, 0) is 4.79 Å². The molecule has 0 saturated heterocycles. The molecule has 1 atom stereocenters. The van der Waals surface area contributed by atoms with Gasteiger partial charge >= 0.3 is 12.0 Å². The van der Waals surface area contributed by atoms with Crippen LogP contribution in [0.2, 0.25) is 0 Å². The molecule has 1 fully saturated rings. The SMILES string of the molecule is O=C(O)CCCNC(=O)NC(c1cccnc1)C1CC1. The lowest BCUT2D eigenvalue weighted by Gasteiger charge is -2.18. The fraction of sp³-hybridized carbons (Fsp3) is 0.500. The predicted octanol–water partition coefficient (Wildman–Crippen LogP) is 1.70. The molecule has 1 aromatic rings. The van der Waals surface area contributed by atoms with E-state index in [1.807, 2.05) is 12.1 Å². The van der Waals surface area contributed by atoms with E-state index in [1.165, 1.54) is 0 Å². The molecular weight excluding hydrogens is 258 g/mol. The molecule has 1 unspecified atom stereocenters. The molecule has 0 aliphatic heterocycles. The third-order valence-corrected chi connectivity index (χ3v) is 3.28. The maximum Gasteiger partial charge on any atom is 0.315 e. The van der Waals surface area contributed by atoms with Crippen molar-refractivity contribution in [3.05, 3.63) is 30.1 Å². The average Bonchev–Trinajstić information content (AvgIpc) is 3.26. The summed E-state index contributed by atoms with van der Waals surface area (Å²) in [5.74, 6) is -0.373. The van der Waals surface area contributed by atoms with E-state index < -0.39 is 5.97 Å². The highest BCUT2D eigenvalue weighted by Crippen LogP contribution is 2.40. The number of carbonyl (C=O) groups is 2. The van der Waals surface area contributed by atoms with Crippen molar-refractivity contribution in [2.24, 2.45) is 5.92 Å². The number of carboxylic acid groups (broad SMARTS) is 1. The second-order valence-corrected chi connectivity index (χ2v) is 5.00. The zero-order chi connectivity index (χ0) is 14.4. The third kappa shape index (κ3) is 4.53. The number of nitrogens with one attached hydrogen (secondary N) is 2. The Balaban J connectivity index is 1.80. The first-order valence-corrected chi connectivity index (χ1v) is 6.83. The van der Waals surface area contributed by atoms with Crippen molar-refractivity contribution >= 4 is 12.0 Å². The normalized spacial score (nSPS) is 15.4. The Morgan fingerprint density at radius 2 is 2.25 bits per heavy atom. The van der Waals surface area contributed by atoms with Crippen LogP contribution in [0.1, 0.15) is 37.3 Å². The number of carbonyl (C=O) groups excluding carboxylic acids is 1. The zero-order valence-corrected chi connectivity index (χ0v) is 11.2. The molecule has 6 heteroatoms. The molecule has 2 amide bonds. The summed E-state index contributed by atoms with van der Waals surface area (Å²) in [6.45, 7) is 0.364. The molecule has 0 spiro atoms. The summed E-state index contributed by atoms with van der Waals surface area (Å²) in [6.07, 6.45) is 6.20. The second kappa shape index (κ2) is 6.88. The van der Waals surface area contributed by atoms with Gasteiger partial charge in [-0.05, 0) is 36.8 Å². The van der Waals surface area contributed by atoms with E-state index >= 15 is 0 Å². The molecule has 6 nitrogen and oxygen atoms in total. The summed E-state index contributed by atoms with van der Waals surface area (Å²) in [5, 5.41) is 14.2. The first-order chi connectivity index (χ1) is 9.66. The Hall–Kier alpha value is -2.11. The molecule has 1 aromatic heterocycles. The summed E-state index contributed by atoms with van der Waals surface area (Å²) in [6, 6.07) is 3.55. The summed E-state index contributed by atoms with van der Waals surface area (Å²) in [4.78, 5) is 26.3. The van der Waals surface area contributed by atoms with E-state index in [9.17, 15) is 9.59 Å². The fourth-order valence-electron chi connectivity index (χ4n) is 2.10. The van der Waals surface area contributed by atoms with Crippen molar-refractivity contribution in [1.29, 1.82) is 0 Å². The summed E-state index contributed by atoms with van der Waals surface area (Å²) >= 11 is 0. The number of hydrogen-bond acceptors (Lipinski definition) is 3. The Morgan fingerprint density at radius 1 is 1.45 bits per heavy atom. The van der Waals surface area contributed by atoms with Crippen LogP contribution >= 0.6 is 0 Å². The Kier molecular flexibility index (Phi) is 4.92. The number of aromatic nitrogens is 1. The third-order valence-electron chi connectivity index (χ3n) is 3.28. The van der Waals surface area contributed by atoms with E-state index in [-0.39, 0.29) is 18.5 Å². The van der Waals surface area contributed by atoms with Gasteiger partial charge in [-0.25, -0.2) is 4.79 Å². The van der Waals surface area contributed by atoms with Crippen LogP contribution < -0.4 is 10.6 Å². The van der Waals surface area contributed by atoms with Gasteiger partial charge < -0.3 is 15.7 Å². The predicted molar refractivity (Wildman–Crippen MR) is 73.1 cm³/mol. The highest BCUT2D eigenvalue weighted by Gasteiger charge is 2.33. The van der Waals surface area contributed by atoms with Crippen molar-refractivity contribution < 1.29 is 14.7 Å². The molecular formula is C14H19N3O3. The van der Waals surface area contributed by atoms with Crippen LogP contribution in [-0.4, -0.2) is 28.6 Å². The van der Waals surface area contributed by atoms with Crippen molar-refractivity contribution in [3.8, 4) is 0 Å². The van der Waals surface area contributed by atoms with Crippen LogP contribution in [0.4, 0.5) is 4.79 Å². The van der Waals surface area contributed by atoms with Crippen molar-refractivity contribution in [1.82, 2.24) is 15.6 Å². The Bertz CT molecular complexity index is 460. The van der Waals surface area contributed by atoms with Crippen molar-refractivity contribution in [2.45, 2.75) is 31.7 Å². The minimum absolute atomic E-state index is 0.0110. The van der Waals surface area contributed by atoms with Gasteiger partial charge in [0, 0.05) is 25.4 Å². The Labute approximate surface area is 117 Å². The quantitative estimate of drug-likeness (QED) is 0.661. The van der Waals surface area contributed by atoms with Crippen LogP contribution in [0.15, 0.2) is 24.5 Å². The fourth-order valence-corrected chi connectivity index (χ4v) is 2.10. The second-order valence-electron chi connectivity index (χ2n) is 5.00. The summed E-state index contributed by atoms with van der Waals surface area (Å²) in [5.41, 5.74) is 1.01. The number of urea groups is 1. The number of rotatable bonds is 7. The zero-order valence-electron chi connectivity index (χ0n) is 11.2. The van der Waals surface area contributed by atoms with Crippen LogP contribution in [0, 0.1) is 5.92 Å². The maximum absolute atomic E-state index is 11.8. The standard InChI is InChI=1S/C14H19N3O3/c18-12(19)4-2-8-16-14(20)17-13(10-5-6-10)11-3-1-7-15-9-11/h1,3,7,9-10,13H,2,4-6,8H2,(H,18,19)(H2,16,17,20). The van der Waals surface area contributed by atoms with Gasteiger partial charge in [0.1, 0.15) is 0 Å². The lowest BCUT2D eigenvalue weighted by Crippen LogP contribution is -2.39. The number of nitrogens with zero attached hydrogens (tertiary/aromatic N) is 1. The molecule has 2 rings (SSSR count). The number of carboxylic acids is 1. The molecule has 20 heavy (non-hydrogen) atoms.